The van der Waals surface area contributed by atoms with Crippen molar-refractivity contribution in [3.63, 3.8) is 0 Å². The average molecular weight is 473 g/mol. The summed E-state index contributed by atoms with van der Waals surface area (Å²) in [7, 11) is 0. The molecular weight excluding hydrogens is 448 g/mol. The van der Waals surface area contributed by atoms with Crippen LogP contribution < -0.4 is 24.7 Å². The van der Waals surface area contributed by atoms with Crippen LogP contribution in [-0.2, 0) is 0 Å². The maximum Gasteiger partial charge on any atom is 0.196 e. The van der Waals surface area contributed by atoms with Crippen molar-refractivity contribution < 1.29 is 14.5 Å². The van der Waals surface area contributed by atoms with Crippen molar-refractivity contribution in [2.75, 3.05) is 10.2 Å². The number of anilines is 4. The zero-order valence-electron chi connectivity index (χ0n) is 19.5. The Morgan fingerprint density at radius 3 is 1.61 bits per heavy atom. The lowest BCUT2D eigenvalue weighted by Gasteiger charge is -2.25. The fraction of sp³-hybridized carbons (Fsp3) is 0.0323. The summed E-state index contributed by atoms with van der Waals surface area (Å²) in [5, 5.41) is 3.37. The molecule has 1 aliphatic heterocycles. The highest BCUT2D eigenvalue weighted by Crippen LogP contribution is 2.38. The molecule has 1 atom stereocenters. The SMILES string of the molecule is c1ccc(N(c2ccccc2)c2ccc(OOc3ccc(C4Nc5ccccc5O4)cc3)cc2)cc1. The number of nitrogens with one attached hydrogen (secondary N) is 1. The van der Waals surface area contributed by atoms with E-state index in [9.17, 15) is 0 Å². The number of hydrogen-bond acceptors (Lipinski definition) is 5. The smallest absolute Gasteiger partial charge is 0.196 e. The Labute approximate surface area is 210 Å². The summed E-state index contributed by atoms with van der Waals surface area (Å²) in [5.41, 5.74) is 5.18. The third-order valence-electron chi connectivity index (χ3n) is 5.96. The van der Waals surface area contributed by atoms with Gasteiger partial charge < -0.3 is 15.0 Å². The normalized spacial score (nSPS) is 13.7. The summed E-state index contributed by atoms with van der Waals surface area (Å²) in [6.45, 7) is 0. The molecule has 0 saturated heterocycles. The maximum atomic E-state index is 5.97. The highest BCUT2D eigenvalue weighted by atomic mass is 17.2. The van der Waals surface area contributed by atoms with Crippen molar-refractivity contribution in [3.8, 4) is 17.2 Å². The van der Waals surface area contributed by atoms with Gasteiger partial charge in [0.1, 0.15) is 5.75 Å². The Bertz CT molecular complexity index is 1360. The molecule has 5 heteroatoms. The number of hydrogen-bond donors (Lipinski definition) is 1. The van der Waals surface area contributed by atoms with Crippen molar-refractivity contribution >= 4 is 22.7 Å². The van der Waals surface area contributed by atoms with Gasteiger partial charge in [-0.2, -0.15) is 0 Å². The molecule has 1 heterocycles. The van der Waals surface area contributed by atoms with Crippen molar-refractivity contribution in [1.82, 2.24) is 0 Å². The summed E-state index contributed by atoms with van der Waals surface area (Å²) in [4.78, 5) is 13.4. The zero-order chi connectivity index (χ0) is 24.2. The molecule has 5 aromatic rings. The maximum absolute atomic E-state index is 5.97. The van der Waals surface area contributed by atoms with Gasteiger partial charge in [0, 0.05) is 22.6 Å². The molecule has 1 aliphatic rings. The fourth-order valence-corrected chi connectivity index (χ4v) is 4.18. The number of fused-ring (bicyclic) bond motifs is 1. The first-order chi connectivity index (χ1) is 17.8. The van der Waals surface area contributed by atoms with Crippen LogP contribution in [0.3, 0.4) is 0 Å². The van der Waals surface area contributed by atoms with E-state index in [2.05, 4.69) is 34.5 Å². The third-order valence-corrected chi connectivity index (χ3v) is 5.96. The van der Waals surface area contributed by atoms with E-state index in [0.717, 1.165) is 34.1 Å². The summed E-state index contributed by atoms with van der Waals surface area (Å²) < 4.78 is 5.97. The van der Waals surface area contributed by atoms with Crippen molar-refractivity contribution in [3.05, 3.63) is 139 Å². The fourth-order valence-electron chi connectivity index (χ4n) is 4.18. The second-order valence-electron chi connectivity index (χ2n) is 8.37. The van der Waals surface area contributed by atoms with Crippen LogP contribution in [0.1, 0.15) is 11.8 Å². The third kappa shape index (κ3) is 4.55. The molecule has 0 bridgehead atoms. The van der Waals surface area contributed by atoms with Crippen LogP contribution in [0.2, 0.25) is 0 Å². The lowest BCUT2D eigenvalue weighted by molar-refractivity contribution is -0.0999. The first-order valence-electron chi connectivity index (χ1n) is 11.8. The number of para-hydroxylation sites is 4. The van der Waals surface area contributed by atoms with Crippen LogP contribution in [0.5, 0.6) is 17.2 Å². The van der Waals surface area contributed by atoms with Crippen molar-refractivity contribution in [2.24, 2.45) is 0 Å². The Kier molecular flexibility index (Phi) is 5.86. The van der Waals surface area contributed by atoms with Gasteiger partial charge in [0.2, 0.25) is 0 Å². The monoisotopic (exact) mass is 472 g/mol. The Hall–Kier alpha value is -4.90. The highest BCUT2D eigenvalue weighted by molar-refractivity contribution is 5.76. The van der Waals surface area contributed by atoms with Crippen LogP contribution in [0.4, 0.5) is 22.7 Å². The summed E-state index contributed by atoms with van der Waals surface area (Å²) >= 11 is 0. The molecule has 1 unspecified atom stereocenters. The topological polar surface area (TPSA) is 43.0 Å². The van der Waals surface area contributed by atoms with E-state index in [1.807, 2.05) is 109 Å². The number of nitrogens with zero attached hydrogens (tertiary/aromatic N) is 1. The molecule has 5 aromatic carbocycles. The molecule has 0 saturated carbocycles. The number of ether oxygens (including phenoxy) is 1. The van der Waals surface area contributed by atoms with E-state index in [-0.39, 0.29) is 6.23 Å². The summed E-state index contributed by atoms with van der Waals surface area (Å²) in [6.07, 6.45) is -0.220. The van der Waals surface area contributed by atoms with Crippen LogP contribution in [-0.4, -0.2) is 0 Å². The van der Waals surface area contributed by atoms with Gasteiger partial charge in [0.15, 0.2) is 17.7 Å². The molecule has 36 heavy (non-hydrogen) atoms. The van der Waals surface area contributed by atoms with E-state index in [1.165, 1.54) is 0 Å². The van der Waals surface area contributed by atoms with Gasteiger partial charge in [0.05, 0.1) is 5.69 Å². The highest BCUT2D eigenvalue weighted by Gasteiger charge is 2.22. The van der Waals surface area contributed by atoms with Gasteiger partial charge in [-0.1, -0.05) is 48.5 Å². The minimum Gasteiger partial charge on any atom is -0.464 e. The quantitative estimate of drug-likeness (QED) is 0.192. The molecule has 0 amide bonds. The average Bonchev–Trinajstić information content (AvgIpc) is 3.39. The van der Waals surface area contributed by atoms with E-state index >= 15 is 0 Å². The van der Waals surface area contributed by atoms with Gasteiger partial charge in [-0.15, -0.1) is 0 Å². The van der Waals surface area contributed by atoms with Crippen LogP contribution in [0.25, 0.3) is 0 Å². The Morgan fingerprint density at radius 1 is 0.528 bits per heavy atom. The lowest BCUT2D eigenvalue weighted by Crippen LogP contribution is -2.10. The molecule has 0 aliphatic carbocycles. The summed E-state index contributed by atoms with van der Waals surface area (Å²) in [6, 6.07) is 43.9. The van der Waals surface area contributed by atoms with Crippen LogP contribution in [0.15, 0.2) is 133 Å². The molecule has 0 radical (unpaired) electrons. The van der Waals surface area contributed by atoms with Gasteiger partial charge in [0.25, 0.3) is 0 Å². The molecule has 5 nitrogen and oxygen atoms in total. The van der Waals surface area contributed by atoms with E-state index < -0.39 is 0 Å². The Balaban J connectivity index is 1.12. The lowest BCUT2D eigenvalue weighted by atomic mass is 10.2. The molecule has 176 valence electrons. The van der Waals surface area contributed by atoms with E-state index in [0.29, 0.717) is 11.5 Å². The van der Waals surface area contributed by atoms with E-state index in [4.69, 9.17) is 14.5 Å². The Morgan fingerprint density at radius 2 is 1.03 bits per heavy atom. The standard InChI is InChI=1S/C31H24N2O3/c1-3-9-24(10-4-1)33(25-11-5-2-6-12-25)26-17-21-28(22-18-26)36-35-27-19-15-23(16-20-27)31-32-29-13-7-8-14-30(29)34-31/h1-22,31-32H. The zero-order valence-corrected chi connectivity index (χ0v) is 19.5. The predicted molar refractivity (Wildman–Crippen MR) is 142 cm³/mol. The minimum atomic E-state index is -0.220. The second-order valence-corrected chi connectivity index (χ2v) is 8.37. The molecule has 0 aromatic heterocycles. The molecular formula is C31H24N2O3. The molecule has 1 N–H and O–H groups in total. The second kappa shape index (κ2) is 9.76. The van der Waals surface area contributed by atoms with Gasteiger partial charge >= 0.3 is 0 Å². The number of rotatable bonds is 7. The van der Waals surface area contributed by atoms with Gasteiger partial charge in [-0.05, 0) is 84.9 Å². The molecule has 0 spiro atoms. The van der Waals surface area contributed by atoms with E-state index in [1.54, 1.807) is 0 Å². The van der Waals surface area contributed by atoms with Gasteiger partial charge in [-0.3, -0.25) is 9.78 Å². The number of benzene rings is 5. The van der Waals surface area contributed by atoms with Crippen LogP contribution >= 0.6 is 0 Å². The van der Waals surface area contributed by atoms with Crippen molar-refractivity contribution in [2.45, 2.75) is 6.23 Å². The molecule has 0 fully saturated rings. The minimum absolute atomic E-state index is 0.220. The first-order valence-corrected chi connectivity index (χ1v) is 11.8. The van der Waals surface area contributed by atoms with Crippen molar-refractivity contribution in [1.29, 1.82) is 0 Å². The molecule has 6 rings (SSSR count). The predicted octanol–water partition coefficient (Wildman–Crippen LogP) is 8.03. The largest absolute Gasteiger partial charge is 0.464 e. The van der Waals surface area contributed by atoms with Crippen LogP contribution in [0, 0.1) is 0 Å². The first kappa shape index (κ1) is 21.6. The van der Waals surface area contributed by atoms with Gasteiger partial charge in [-0.25, -0.2) is 0 Å². The summed E-state index contributed by atoms with van der Waals surface area (Å²) in [5.74, 6) is 2.07.